The first-order valence-electron chi connectivity index (χ1n) is 10.5. The number of nitrogens with zero attached hydrogens (tertiary/aromatic N) is 5. The molecule has 1 aromatic carbocycles. The fourth-order valence-electron chi connectivity index (χ4n) is 4.56. The number of fused-ring (bicyclic) bond motifs is 1. The van der Waals surface area contributed by atoms with E-state index in [1.165, 1.54) is 25.1 Å². The first kappa shape index (κ1) is 23.0. The summed E-state index contributed by atoms with van der Waals surface area (Å²) in [6.07, 6.45) is 2.50. The van der Waals surface area contributed by atoms with Gasteiger partial charge in [0.05, 0.1) is 5.69 Å². The van der Waals surface area contributed by atoms with E-state index in [1.54, 1.807) is 11.8 Å². The van der Waals surface area contributed by atoms with Crippen molar-refractivity contribution in [2.75, 3.05) is 25.4 Å². The Morgan fingerprint density at radius 2 is 2.09 bits per heavy atom. The number of hydrogen-bond acceptors (Lipinski definition) is 7. The summed E-state index contributed by atoms with van der Waals surface area (Å²) in [5, 5.41) is 20.3. The van der Waals surface area contributed by atoms with Crippen LogP contribution in [-0.4, -0.2) is 61.8 Å². The van der Waals surface area contributed by atoms with Gasteiger partial charge in [-0.15, -0.1) is 10.2 Å². The SMILES string of the molecule is Cc1cc(-c2nnc(SCCCN3C[C@@H]4C[C@]4(c4ccc(Br)cc4)C3)n2C)on1.O=CO. The van der Waals surface area contributed by atoms with Gasteiger partial charge in [0.15, 0.2) is 5.16 Å². The Hall–Kier alpha value is -2.17. The highest BCUT2D eigenvalue weighted by Crippen LogP contribution is 2.59. The molecule has 5 rings (SSSR count). The first-order valence-corrected chi connectivity index (χ1v) is 12.3. The number of rotatable bonds is 7. The molecule has 1 saturated carbocycles. The molecular weight excluding hydrogens is 494 g/mol. The minimum Gasteiger partial charge on any atom is -0.483 e. The van der Waals surface area contributed by atoms with E-state index in [2.05, 4.69) is 60.4 Å². The lowest BCUT2D eigenvalue weighted by Gasteiger charge is -2.21. The van der Waals surface area contributed by atoms with E-state index in [0.29, 0.717) is 11.2 Å². The minimum atomic E-state index is -0.250. The molecular formula is C22H26BrN5O3S. The van der Waals surface area contributed by atoms with Gasteiger partial charge in [-0.2, -0.15) is 0 Å². The van der Waals surface area contributed by atoms with Crippen molar-refractivity contribution in [1.29, 1.82) is 0 Å². The summed E-state index contributed by atoms with van der Waals surface area (Å²) >= 11 is 5.30. The van der Waals surface area contributed by atoms with Crippen LogP contribution in [0.25, 0.3) is 11.6 Å². The summed E-state index contributed by atoms with van der Waals surface area (Å²) in [7, 11) is 1.98. The zero-order valence-electron chi connectivity index (χ0n) is 18.1. The van der Waals surface area contributed by atoms with Gasteiger partial charge in [0.2, 0.25) is 11.6 Å². The lowest BCUT2D eigenvalue weighted by Crippen LogP contribution is -2.27. The van der Waals surface area contributed by atoms with Crippen molar-refractivity contribution in [3.63, 3.8) is 0 Å². The average molecular weight is 520 g/mol. The maximum atomic E-state index is 8.36. The second-order valence-corrected chi connectivity index (χ2v) is 10.3. The third-order valence-corrected chi connectivity index (χ3v) is 7.80. The molecule has 2 fully saturated rings. The Morgan fingerprint density at radius 3 is 2.78 bits per heavy atom. The van der Waals surface area contributed by atoms with Gasteiger partial charge < -0.3 is 19.1 Å². The molecule has 0 amide bonds. The molecule has 1 saturated heterocycles. The molecule has 3 aromatic rings. The second-order valence-electron chi connectivity index (χ2n) is 8.30. The predicted molar refractivity (Wildman–Crippen MR) is 126 cm³/mol. The summed E-state index contributed by atoms with van der Waals surface area (Å²) in [5.41, 5.74) is 2.78. The van der Waals surface area contributed by atoms with Crippen molar-refractivity contribution < 1.29 is 14.4 Å². The van der Waals surface area contributed by atoms with Crippen molar-refractivity contribution in [3.8, 4) is 11.6 Å². The molecule has 1 aliphatic heterocycles. The van der Waals surface area contributed by atoms with Gasteiger partial charge in [0, 0.05) is 41.8 Å². The number of aryl methyl sites for hydroxylation is 1. The fraction of sp³-hybridized carbons (Fsp3) is 0.455. The quantitative estimate of drug-likeness (QED) is 0.284. The van der Waals surface area contributed by atoms with Crippen LogP contribution in [0.2, 0.25) is 0 Å². The van der Waals surface area contributed by atoms with Crippen LogP contribution >= 0.6 is 27.7 Å². The normalized spacial score (nSPS) is 21.7. The molecule has 1 N–H and O–H groups in total. The zero-order valence-corrected chi connectivity index (χ0v) is 20.5. The number of hydrogen-bond donors (Lipinski definition) is 1. The van der Waals surface area contributed by atoms with Crippen LogP contribution in [0.1, 0.15) is 24.1 Å². The molecule has 8 nitrogen and oxygen atoms in total. The van der Waals surface area contributed by atoms with Crippen LogP contribution in [0.5, 0.6) is 0 Å². The number of benzene rings is 1. The van der Waals surface area contributed by atoms with Crippen LogP contribution in [0, 0.1) is 12.8 Å². The van der Waals surface area contributed by atoms with Crippen molar-refractivity contribution >= 4 is 34.2 Å². The maximum Gasteiger partial charge on any atom is 0.290 e. The smallest absolute Gasteiger partial charge is 0.290 e. The van der Waals surface area contributed by atoms with Gasteiger partial charge in [-0.3, -0.25) is 4.79 Å². The summed E-state index contributed by atoms with van der Waals surface area (Å²) in [6, 6.07) is 10.8. The van der Waals surface area contributed by atoms with E-state index in [0.717, 1.165) is 45.8 Å². The van der Waals surface area contributed by atoms with Gasteiger partial charge in [-0.25, -0.2) is 0 Å². The van der Waals surface area contributed by atoms with Crippen LogP contribution in [-0.2, 0) is 17.3 Å². The molecule has 1 aliphatic carbocycles. The number of carbonyl (C=O) groups is 1. The summed E-state index contributed by atoms with van der Waals surface area (Å²) in [4.78, 5) is 11.0. The molecule has 0 spiro atoms. The minimum absolute atomic E-state index is 0.250. The number of piperidine rings is 1. The highest BCUT2D eigenvalue weighted by molar-refractivity contribution is 9.10. The van der Waals surface area contributed by atoms with E-state index in [9.17, 15) is 0 Å². The molecule has 2 aromatic heterocycles. The standard InChI is InChI=1S/C21H24BrN5OS.CH2O2/c1-14-10-18(28-25-14)19-23-24-20(26(19)2)29-9-3-8-27-12-16-11-21(16,13-27)15-4-6-17(22)7-5-15;2-1-3/h4-7,10,16H,3,8-9,11-13H2,1-2H3;1H,(H,2,3)/t16-,21+;/m0./s1. The molecule has 0 unspecified atom stereocenters. The zero-order chi connectivity index (χ0) is 22.7. The molecule has 170 valence electrons. The van der Waals surface area contributed by atoms with Gasteiger partial charge in [-0.1, -0.05) is 45.0 Å². The van der Waals surface area contributed by atoms with Crippen molar-refractivity contribution in [2.24, 2.45) is 13.0 Å². The van der Waals surface area contributed by atoms with Crippen molar-refractivity contribution in [2.45, 2.75) is 30.3 Å². The van der Waals surface area contributed by atoms with Gasteiger partial charge in [0.1, 0.15) is 0 Å². The third kappa shape index (κ3) is 4.77. The van der Waals surface area contributed by atoms with E-state index >= 15 is 0 Å². The Bertz CT molecular complexity index is 1070. The van der Waals surface area contributed by atoms with Crippen molar-refractivity contribution in [1.82, 2.24) is 24.8 Å². The number of carboxylic acid groups (broad SMARTS) is 1. The first-order chi connectivity index (χ1) is 15.5. The topological polar surface area (TPSA) is 97.3 Å². The van der Waals surface area contributed by atoms with Crippen LogP contribution in [0.3, 0.4) is 0 Å². The molecule has 0 bridgehead atoms. The number of aromatic nitrogens is 4. The van der Waals surface area contributed by atoms with Gasteiger partial charge >= 0.3 is 0 Å². The highest BCUT2D eigenvalue weighted by Gasteiger charge is 2.60. The van der Waals surface area contributed by atoms with Crippen molar-refractivity contribution in [3.05, 3.63) is 46.1 Å². The van der Waals surface area contributed by atoms with Gasteiger partial charge in [-0.05, 0) is 49.9 Å². The number of halogens is 1. The highest BCUT2D eigenvalue weighted by atomic mass is 79.9. The molecule has 2 atom stereocenters. The largest absolute Gasteiger partial charge is 0.483 e. The molecule has 32 heavy (non-hydrogen) atoms. The average Bonchev–Trinajstić information content (AvgIpc) is 3.08. The van der Waals surface area contributed by atoms with E-state index in [-0.39, 0.29) is 6.47 Å². The Kier molecular flexibility index (Phi) is 7.02. The Balaban J connectivity index is 0.000000775. The molecule has 3 heterocycles. The Labute approximate surface area is 199 Å². The molecule has 0 radical (unpaired) electrons. The fourth-order valence-corrected chi connectivity index (χ4v) is 5.66. The summed E-state index contributed by atoms with van der Waals surface area (Å²) in [6.45, 7) is 5.23. The second kappa shape index (κ2) is 9.76. The lowest BCUT2D eigenvalue weighted by molar-refractivity contribution is -0.122. The summed E-state index contributed by atoms with van der Waals surface area (Å²) in [5.74, 6) is 3.26. The number of likely N-dealkylation sites (tertiary alicyclic amines) is 1. The van der Waals surface area contributed by atoms with E-state index < -0.39 is 0 Å². The summed E-state index contributed by atoms with van der Waals surface area (Å²) < 4.78 is 8.46. The van der Waals surface area contributed by atoms with Crippen LogP contribution in [0.15, 0.2) is 44.5 Å². The lowest BCUT2D eigenvalue weighted by atomic mass is 9.95. The van der Waals surface area contributed by atoms with Gasteiger partial charge in [0.25, 0.3) is 6.47 Å². The van der Waals surface area contributed by atoms with E-state index in [4.69, 9.17) is 14.4 Å². The van der Waals surface area contributed by atoms with E-state index in [1.807, 2.05) is 24.6 Å². The molecule has 2 aliphatic rings. The van der Waals surface area contributed by atoms with Crippen LogP contribution in [0.4, 0.5) is 0 Å². The molecule has 10 heteroatoms. The Morgan fingerprint density at radius 1 is 1.34 bits per heavy atom. The predicted octanol–water partition coefficient (Wildman–Crippen LogP) is 4.00. The monoisotopic (exact) mass is 519 g/mol. The number of thioether (sulfide) groups is 1. The third-order valence-electron chi connectivity index (χ3n) is 6.17. The van der Waals surface area contributed by atoms with Crippen LogP contribution < -0.4 is 0 Å². The maximum absolute atomic E-state index is 8.36.